The monoisotopic (exact) mass is 396 g/mol. The van der Waals surface area contributed by atoms with Crippen LogP contribution in [-0.4, -0.2) is 14.4 Å². The first kappa shape index (κ1) is 19.4. The molecule has 0 unspecified atom stereocenters. The van der Waals surface area contributed by atoms with Gasteiger partial charge in [0.05, 0.1) is 4.90 Å². The molecule has 0 heterocycles. The SMILES string of the molecule is Cc1ccc(S(=O)(=O)NC(=O)Nc2ccc(OCc3ccccc3)cc2)cc1. The summed E-state index contributed by atoms with van der Waals surface area (Å²) >= 11 is 0. The zero-order valence-electron chi connectivity index (χ0n) is 15.3. The molecule has 2 N–H and O–H groups in total. The van der Waals surface area contributed by atoms with E-state index in [0.717, 1.165) is 11.1 Å². The Morgan fingerprint density at radius 1 is 0.893 bits per heavy atom. The van der Waals surface area contributed by atoms with Crippen LogP contribution in [0.4, 0.5) is 10.5 Å². The fraction of sp³-hybridized carbons (Fsp3) is 0.0952. The van der Waals surface area contributed by atoms with Gasteiger partial charge in [0.15, 0.2) is 0 Å². The van der Waals surface area contributed by atoms with Gasteiger partial charge in [-0.3, -0.25) is 0 Å². The van der Waals surface area contributed by atoms with Crippen molar-refractivity contribution in [1.82, 2.24) is 4.72 Å². The standard InChI is InChI=1S/C21H20N2O4S/c1-16-7-13-20(14-8-16)28(25,26)23-21(24)22-18-9-11-19(12-10-18)27-15-17-5-3-2-4-6-17/h2-14H,15H2,1H3,(H2,22,23,24). The molecule has 0 radical (unpaired) electrons. The quantitative estimate of drug-likeness (QED) is 0.657. The van der Waals surface area contributed by atoms with Gasteiger partial charge in [0, 0.05) is 5.69 Å². The Morgan fingerprint density at radius 2 is 1.54 bits per heavy atom. The second kappa shape index (κ2) is 8.58. The highest BCUT2D eigenvalue weighted by atomic mass is 32.2. The Labute approximate surface area is 164 Å². The predicted octanol–water partition coefficient (Wildman–Crippen LogP) is 4.08. The van der Waals surface area contributed by atoms with Gasteiger partial charge in [-0.05, 0) is 48.9 Å². The summed E-state index contributed by atoms with van der Waals surface area (Å²) < 4.78 is 32.1. The van der Waals surface area contributed by atoms with Gasteiger partial charge in [0.25, 0.3) is 10.0 Å². The lowest BCUT2D eigenvalue weighted by atomic mass is 10.2. The van der Waals surface area contributed by atoms with Crippen LogP contribution >= 0.6 is 0 Å². The molecule has 0 bridgehead atoms. The lowest BCUT2D eigenvalue weighted by Gasteiger charge is -2.10. The van der Waals surface area contributed by atoms with Crippen molar-refractivity contribution in [3.05, 3.63) is 90.0 Å². The van der Waals surface area contributed by atoms with Crippen LogP contribution in [0.1, 0.15) is 11.1 Å². The minimum absolute atomic E-state index is 0.0258. The van der Waals surface area contributed by atoms with E-state index in [2.05, 4.69) is 5.32 Å². The third-order valence-electron chi connectivity index (χ3n) is 3.92. The molecule has 3 rings (SSSR count). The zero-order valence-corrected chi connectivity index (χ0v) is 16.1. The summed E-state index contributed by atoms with van der Waals surface area (Å²) in [5.74, 6) is 0.641. The summed E-state index contributed by atoms with van der Waals surface area (Å²) in [7, 11) is -3.93. The topological polar surface area (TPSA) is 84.5 Å². The van der Waals surface area contributed by atoms with Crippen LogP contribution in [0.3, 0.4) is 0 Å². The van der Waals surface area contributed by atoms with Crippen molar-refractivity contribution in [2.24, 2.45) is 0 Å². The van der Waals surface area contributed by atoms with E-state index < -0.39 is 16.1 Å². The van der Waals surface area contributed by atoms with Gasteiger partial charge in [0.1, 0.15) is 12.4 Å². The molecule has 0 aliphatic carbocycles. The van der Waals surface area contributed by atoms with Crippen LogP contribution in [0.15, 0.2) is 83.8 Å². The number of amides is 2. The number of sulfonamides is 1. The molecule has 0 saturated heterocycles. The molecular weight excluding hydrogens is 376 g/mol. The van der Waals surface area contributed by atoms with Gasteiger partial charge in [0.2, 0.25) is 0 Å². The number of urea groups is 1. The summed E-state index contributed by atoms with van der Waals surface area (Å²) in [6, 6.07) is 21.8. The van der Waals surface area contributed by atoms with Gasteiger partial charge >= 0.3 is 6.03 Å². The van der Waals surface area contributed by atoms with E-state index >= 15 is 0 Å². The number of benzene rings is 3. The molecule has 0 aliphatic rings. The van der Waals surface area contributed by atoms with E-state index in [4.69, 9.17) is 4.74 Å². The number of nitrogens with one attached hydrogen (secondary N) is 2. The summed E-state index contributed by atoms with van der Waals surface area (Å²) in [5.41, 5.74) is 2.42. The maximum atomic E-state index is 12.2. The highest BCUT2D eigenvalue weighted by Crippen LogP contribution is 2.17. The first-order chi connectivity index (χ1) is 13.4. The minimum atomic E-state index is -3.93. The first-order valence-electron chi connectivity index (χ1n) is 8.60. The highest BCUT2D eigenvalue weighted by Gasteiger charge is 2.17. The molecular formula is C21H20N2O4S. The molecule has 28 heavy (non-hydrogen) atoms. The lowest BCUT2D eigenvalue weighted by molar-refractivity contribution is 0.256. The minimum Gasteiger partial charge on any atom is -0.489 e. The van der Waals surface area contributed by atoms with E-state index in [-0.39, 0.29) is 4.90 Å². The molecule has 0 saturated carbocycles. The van der Waals surface area contributed by atoms with Gasteiger partial charge in [-0.15, -0.1) is 0 Å². The number of aryl methyl sites for hydroxylation is 1. The fourth-order valence-electron chi connectivity index (χ4n) is 2.43. The summed E-state index contributed by atoms with van der Waals surface area (Å²) in [6.45, 7) is 2.28. The van der Waals surface area contributed by atoms with Crippen molar-refractivity contribution in [2.75, 3.05) is 5.32 Å². The van der Waals surface area contributed by atoms with Gasteiger partial charge in [-0.1, -0.05) is 48.0 Å². The van der Waals surface area contributed by atoms with Gasteiger partial charge in [-0.25, -0.2) is 17.9 Å². The maximum absolute atomic E-state index is 12.2. The molecule has 0 spiro atoms. The third kappa shape index (κ3) is 5.34. The van der Waals surface area contributed by atoms with Crippen LogP contribution in [0.2, 0.25) is 0 Å². The fourth-order valence-corrected chi connectivity index (χ4v) is 3.34. The lowest BCUT2D eigenvalue weighted by Crippen LogP contribution is -2.34. The molecule has 144 valence electrons. The van der Waals surface area contributed by atoms with Crippen LogP contribution < -0.4 is 14.8 Å². The maximum Gasteiger partial charge on any atom is 0.333 e. The van der Waals surface area contributed by atoms with Crippen molar-refractivity contribution in [2.45, 2.75) is 18.4 Å². The Balaban J connectivity index is 1.56. The van der Waals surface area contributed by atoms with E-state index in [0.29, 0.717) is 18.0 Å². The zero-order chi connectivity index (χ0) is 20.0. The molecule has 0 fully saturated rings. The Hall–Kier alpha value is -3.32. The first-order valence-corrected chi connectivity index (χ1v) is 10.1. The van der Waals surface area contributed by atoms with Crippen LogP contribution in [0.5, 0.6) is 5.75 Å². The highest BCUT2D eigenvalue weighted by molar-refractivity contribution is 7.90. The molecule has 2 amide bonds. The normalized spacial score (nSPS) is 10.9. The molecule has 3 aromatic carbocycles. The third-order valence-corrected chi connectivity index (χ3v) is 5.27. The molecule has 7 heteroatoms. The number of carbonyl (C=O) groups excluding carboxylic acids is 1. The largest absolute Gasteiger partial charge is 0.489 e. The van der Waals surface area contributed by atoms with E-state index in [1.165, 1.54) is 12.1 Å². The Kier molecular flexibility index (Phi) is 5.96. The molecule has 0 aliphatic heterocycles. The summed E-state index contributed by atoms with van der Waals surface area (Å²) in [4.78, 5) is 12.1. The van der Waals surface area contributed by atoms with E-state index in [1.54, 1.807) is 36.4 Å². The number of hydrogen-bond donors (Lipinski definition) is 2. The van der Waals surface area contributed by atoms with Crippen molar-refractivity contribution >= 4 is 21.7 Å². The molecule has 3 aromatic rings. The van der Waals surface area contributed by atoms with E-state index in [1.807, 2.05) is 42.0 Å². The van der Waals surface area contributed by atoms with Crippen molar-refractivity contribution < 1.29 is 17.9 Å². The van der Waals surface area contributed by atoms with Crippen LogP contribution in [0.25, 0.3) is 0 Å². The molecule has 0 aromatic heterocycles. The average molecular weight is 396 g/mol. The predicted molar refractivity (Wildman–Crippen MR) is 108 cm³/mol. The molecule has 6 nitrogen and oxygen atoms in total. The van der Waals surface area contributed by atoms with Gasteiger partial charge in [-0.2, -0.15) is 0 Å². The van der Waals surface area contributed by atoms with Crippen molar-refractivity contribution in [1.29, 1.82) is 0 Å². The number of carbonyl (C=O) groups is 1. The number of rotatable bonds is 6. The second-order valence-electron chi connectivity index (χ2n) is 6.17. The Morgan fingerprint density at radius 3 is 2.18 bits per heavy atom. The summed E-state index contributed by atoms with van der Waals surface area (Å²) in [6.07, 6.45) is 0. The van der Waals surface area contributed by atoms with Crippen LogP contribution in [-0.2, 0) is 16.6 Å². The van der Waals surface area contributed by atoms with Crippen molar-refractivity contribution in [3.8, 4) is 5.75 Å². The second-order valence-corrected chi connectivity index (χ2v) is 7.85. The summed E-state index contributed by atoms with van der Waals surface area (Å²) in [5, 5.41) is 2.50. The van der Waals surface area contributed by atoms with Gasteiger partial charge < -0.3 is 10.1 Å². The van der Waals surface area contributed by atoms with Crippen LogP contribution in [0, 0.1) is 6.92 Å². The smallest absolute Gasteiger partial charge is 0.333 e. The number of hydrogen-bond acceptors (Lipinski definition) is 4. The van der Waals surface area contributed by atoms with Crippen molar-refractivity contribution in [3.63, 3.8) is 0 Å². The number of ether oxygens (including phenoxy) is 1. The Bertz CT molecular complexity index is 1030. The number of anilines is 1. The molecule has 0 atom stereocenters. The van der Waals surface area contributed by atoms with E-state index in [9.17, 15) is 13.2 Å². The average Bonchev–Trinajstić information content (AvgIpc) is 2.68.